The first kappa shape index (κ1) is 10.0. The summed E-state index contributed by atoms with van der Waals surface area (Å²) in [5.74, 6) is 0.635. The Morgan fingerprint density at radius 3 is 2.69 bits per heavy atom. The Balaban J connectivity index is 3.16. The van der Waals surface area contributed by atoms with Gasteiger partial charge >= 0.3 is 0 Å². The summed E-state index contributed by atoms with van der Waals surface area (Å²) in [7, 11) is 0. The average Bonchev–Trinajstić information content (AvgIpc) is 2.02. The lowest BCUT2D eigenvalue weighted by Gasteiger charge is -2.22. The predicted molar refractivity (Wildman–Crippen MR) is 59.6 cm³/mol. The van der Waals surface area contributed by atoms with Crippen LogP contribution in [0.2, 0.25) is 0 Å². The zero-order valence-electron chi connectivity index (χ0n) is 8.85. The van der Waals surface area contributed by atoms with Gasteiger partial charge in [-0.25, -0.2) is 0 Å². The lowest BCUT2D eigenvalue weighted by atomic mass is 9.83. The molecule has 0 radical (unpaired) electrons. The number of allylic oxidation sites excluding steroid dienone is 6. The van der Waals surface area contributed by atoms with Crippen LogP contribution in [0.25, 0.3) is 0 Å². The van der Waals surface area contributed by atoms with Gasteiger partial charge in [0, 0.05) is 0 Å². The maximum atomic E-state index is 4.01. The van der Waals surface area contributed by atoms with Gasteiger partial charge in [-0.3, -0.25) is 0 Å². The van der Waals surface area contributed by atoms with E-state index in [1.54, 1.807) is 0 Å². The van der Waals surface area contributed by atoms with Crippen molar-refractivity contribution in [2.45, 2.75) is 27.2 Å². The van der Waals surface area contributed by atoms with Crippen molar-refractivity contribution < 1.29 is 0 Å². The van der Waals surface area contributed by atoms with Crippen LogP contribution in [0.1, 0.15) is 27.2 Å². The number of hydrogen-bond donors (Lipinski definition) is 0. The molecule has 0 heterocycles. The molecule has 70 valence electrons. The van der Waals surface area contributed by atoms with E-state index in [-0.39, 0.29) is 0 Å². The highest BCUT2D eigenvalue weighted by Crippen LogP contribution is 2.32. The van der Waals surface area contributed by atoms with Crippen LogP contribution in [-0.2, 0) is 0 Å². The van der Waals surface area contributed by atoms with Gasteiger partial charge in [-0.15, -0.1) is 0 Å². The minimum Gasteiger partial charge on any atom is -0.0985 e. The molecule has 1 unspecified atom stereocenters. The van der Waals surface area contributed by atoms with Gasteiger partial charge in [0.2, 0.25) is 0 Å². The van der Waals surface area contributed by atoms with E-state index in [1.807, 2.05) is 6.08 Å². The largest absolute Gasteiger partial charge is 0.0985 e. The molecule has 0 aromatic heterocycles. The minimum absolute atomic E-state index is 0.635. The van der Waals surface area contributed by atoms with Crippen molar-refractivity contribution in [1.29, 1.82) is 0 Å². The van der Waals surface area contributed by atoms with E-state index in [0.29, 0.717) is 5.92 Å². The molecule has 1 atom stereocenters. The summed E-state index contributed by atoms with van der Waals surface area (Å²) in [4.78, 5) is 0. The summed E-state index contributed by atoms with van der Waals surface area (Å²) in [6.07, 6.45) is 5.36. The fourth-order valence-electron chi connectivity index (χ4n) is 1.93. The lowest BCUT2D eigenvalue weighted by molar-refractivity contribution is 0.699. The Labute approximate surface area is 81.4 Å². The zero-order chi connectivity index (χ0) is 10.0. The first-order valence-electron chi connectivity index (χ1n) is 4.76. The fraction of sp³-hybridized carbons (Fsp3) is 0.385. The first-order valence-corrected chi connectivity index (χ1v) is 4.76. The van der Waals surface area contributed by atoms with Gasteiger partial charge in [0.1, 0.15) is 0 Å². The lowest BCUT2D eigenvalue weighted by Crippen LogP contribution is -2.05. The monoisotopic (exact) mass is 174 g/mol. The molecular formula is C13H18. The van der Waals surface area contributed by atoms with Crippen LogP contribution in [0.4, 0.5) is 0 Å². The van der Waals surface area contributed by atoms with Gasteiger partial charge in [0.15, 0.2) is 0 Å². The molecule has 0 saturated heterocycles. The Hall–Kier alpha value is -1.04. The molecule has 0 aliphatic heterocycles. The molecule has 0 fully saturated rings. The highest BCUT2D eigenvalue weighted by molar-refractivity contribution is 5.50. The zero-order valence-corrected chi connectivity index (χ0v) is 8.85. The highest BCUT2D eigenvalue weighted by atomic mass is 14.2. The Kier molecular flexibility index (Phi) is 2.92. The molecule has 1 aliphatic rings. The second kappa shape index (κ2) is 3.78. The highest BCUT2D eigenvalue weighted by Gasteiger charge is 2.15. The quantitative estimate of drug-likeness (QED) is 0.593. The smallest absolute Gasteiger partial charge is 0.0202 e. The van der Waals surface area contributed by atoms with Gasteiger partial charge in [-0.05, 0) is 42.9 Å². The van der Waals surface area contributed by atoms with E-state index >= 15 is 0 Å². The molecule has 0 saturated carbocycles. The Morgan fingerprint density at radius 1 is 1.62 bits per heavy atom. The SMILES string of the molecule is C=CC1=C(C(=C)C)CC(C)C=C1C. The molecule has 1 rings (SSSR count). The molecule has 0 nitrogen and oxygen atoms in total. The summed E-state index contributed by atoms with van der Waals surface area (Å²) in [6, 6.07) is 0. The van der Waals surface area contributed by atoms with Crippen LogP contribution in [0.5, 0.6) is 0 Å². The second-order valence-electron chi connectivity index (χ2n) is 3.91. The molecule has 1 aliphatic carbocycles. The fourth-order valence-corrected chi connectivity index (χ4v) is 1.93. The van der Waals surface area contributed by atoms with Gasteiger partial charge < -0.3 is 0 Å². The molecule has 0 aromatic rings. The van der Waals surface area contributed by atoms with Gasteiger partial charge in [0.05, 0.1) is 0 Å². The van der Waals surface area contributed by atoms with Crippen LogP contribution in [0, 0.1) is 5.92 Å². The molecule has 0 bridgehead atoms. The van der Waals surface area contributed by atoms with Crippen LogP contribution in [-0.4, -0.2) is 0 Å². The molecule has 0 heteroatoms. The van der Waals surface area contributed by atoms with E-state index in [0.717, 1.165) is 6.42 Å². The second-order valence-corrected chi connectivity index (χ2v) is 3.91. The van der Waals surface area contributed by atoms with E-state index in [2.05, 4.69) is 40.0 Å². The predicted octanol–water partition coefficient (Wildman–Crippen LogP) is 4.03. The topological polar surface area (TPSA) is 0 Å². The van der Waals surface area contributed by atoms with E-state index in [1.165, 1.54) is 22.3 Å². The molecule has 13 heavy (non-hydrogen) atoms. The van der Waals surface area contributed by atoms with E-state index < -0.39 is 0 Å². The third-order valence-corrected chi connectivity index (χ3v) is 2.53. The Morgan fingerprint density at radius 2 is 2.23 bits per heavy atom. The summed E-state index contributed by atoms with van der Waals surface area (Å²) in [6.45, 7) is 14.3. The van der Waals surface area contributed by atoms with Crippen molar-refractivity contribution >= 4 is 0 Å². The third kappa shape index (κ3) is 2.00. The summed E-state index contributed by atoms with van der Waals surface area (Å²) >= 11 is 0. The molecular weight excluding hydrogens is 156 g/mol. The van der Waals surface area contributed by atoms with Crippen LogP contribution >= 0.6 is 0 Å². The molecule has 0 spiro atoms. The van der Waals surface area contributed by atoms with E-state index in [4.69, 9.17) is 0 Å². The van der Waals surface area contributed by atoms with Crippen molar-refractivity contribution in [1.82, 2.24) is 0 Å². The number of rotatable bonds is 2. The van der Waals surface area contributed by atoms with E-state index in [9.17, 15) is 0 Å². The van der Waals surface area contributed by atoms with Gasteiger partial charge in [-0.2, -0.15) is 0 Å². The van der Waals surface area contributed by atoms with Crippen LogP contribution in [0.3, 0.4) is 0 Å². The molecule has 0 aromatic carbocycles. The van der Waals surface area contributed by atoms with Crippen molar-refractivity contribution in [2.75, 3.05) is 0 Å². The molecule has 0 N–H and O–H groups in total. The summed E-state index contributed by atoms with van der Waals surface area (Å²) < 4.78 is 0. The summed E-state index contributed by atoms with van der Waals surface area (Å²) in [5.41, 5.74) is 5.18. The van der Waals surface area contributed by atoms with Crippen molar-refractivity contribution in [2.24, 2.45) is 5.92 Å². The van der Waals surface area contributed by atoms with Crippen molar-refractivity contribution in [3.05, 3.63) is 47.6 Å². The maximum Gasteiger partial charge on any atom is -0.0202 e. The van der Waals surface area contributed by atoms with Crippen molar-refractivity contribution in [3.8, 4) is 0 Å². The first-order chi connectivity index (χ1) is 6.06. The standard InChI is InChI=1S/C13H18/c1-6-12-11(5)7-10(4)8-13(12)9(2)3/h6-7,10H,1-2,8H2,3-5H3. The summed E-state index contributed by atoms with van der Waals surface area (Å²) in [5, 5.41) is 0. The van der Waals surface area contributed by atoms with Gasteiger partial charge in [-0.1, -0.05) is 37.8 Å². The average molecular weight is 174 g/mol. The maximum absolute atomic E-state index is 4.01. The molecule has 0 amide bonds. The third-order valence-electron chi connectivity index (χ3n) is 2.53. The number of hydrogen-bond acceptors (Lipinski definition) is 0. The van der Waals surface area contributed by atoms with Gasteiger partial charge in [0.25, 0.3) is 0 Å². The van der Waals surface area contributed by atoms with Crippen LogP contribution in [0.15, 0.2) is 47.6 Å². The Bertz CT molecular complexity index is 300. The minimum atomic E-state index is 0.635. The van der Waals surface area contributed by atoms with Crippen molar-refractivity contribution in [3.63, 3.8) is 0 Å². The normalized spacial score (nSPS) is 22.7. The van der Waals surface area contributed by atoms with Crippen LogP contribution < -0.4 is 0 Å².